The molecule has 0 aliphatic heterocycles. The Balaban J connectivity index is 0. The molecule has 0 heterocycles. The Morgan fingerprint density at radius 1 is 0.349 bits per heavy atom. The number of rotatable bonds is 34. The van der Waals surface area contributed by atoms with Gasteiger partial charge in [0.05, 0.1) is 27.2 Å². The molecule has 4 nitrogen and oxygen atoms in total. The molecule has 0 aromatic rings. The largest absolute Gasteiger partial charge is 0.503 e. The summed E-state index contributed by atoms with van der Waals surface area (Å²) in [4.78, 5) is 8.56. The number of hydrogen-bond donors (Lipinski definition) is 2. The zero-order valence-electron chi connectivity index (χ0n) is 30.3. The third-order valence-corrected chi connectivity index (χ3v) is 9.23. The normalized spacial score (nSPS) is 11.4. The Hall–Kier alpha value is -0.770. The smallest absolute Gasteiger partial charge is 0.450 e. The van der Waals surface area contributed by atoms with E-state index in [1.54, 1.807) is 0 Å². The van der Waals surface area contributed by atoms with Gasteiger partial charge in [-0.15, -0.1) is 0 Å². The van der Waals surface area contributed by atoms with Crippen molar-refractivity contribution in [3.63, 3.8) is 0 Å². The Labute approximate surface area is 271 Å². The fourth-order valence-corrected chi connectivity index (χ4v) is 6.29. The van der Waals surface area contributed by atoms with Gasteiger partial charge in [-0.1, -0.05) is 194 Å². The lowest BCUT2D eigenvalue weighted by molar-refractivity contribution is -0.890. The summed E-state index contributed by atoms with van der Waals surface area (Å²) in [5, 5.41) is 13.9. The molecule has 0 amide bonds. The molecule has 0 bridgehead atoms. The molecule has 0 aliphatic carbocycles. The minimum Gasteiger partial charge on any atom is -0.450 e. The summed E-state index contributed by atoms with van der Waals surface area (Å²) in [5.74, 6) is 0. The van der Waals surface area contributed by atoms with E-state index in [0.717, 1.165) is 0 Å². The van der Waals surface area contributed by atoms with Crippen LogP contribution in [0.25, 0.3) is 0 Å². The summed E-state index contributed by atoms with van der Waals surface area (Å²) in [6.45, 7) is 7.39. The average Bonchev–Trinajstić information content (AvgIpc) is 2.96. The van der Waals surface area contributed by atoms with Crippen LogP contribution in [-0.2, 0) is 0 Å². The minimum atomic E-state index is -1.83. The van der Waals surface area contributed by atoms with Crippen molar-refractivity contribution in [3.8, 4) is 0 Å². The Morgan fingerprint density at radius 2 is 0.488 bits per heavy atom. The Bertz CT molecular complexity index is 481. The standard InChI is InChI=1S/C38H80N.CH2O3/c1-5-7-9-11-13-15-17-19-21-23-25-27-29-31-33-35-37-39(3,4)38-36-34-32-30-28-26-24-22-20-18-16-14-12-10-8-6-2;2-1(3)4/h5-38H2,1-4H3;(H2,2,3,4)/q+1;. The van der Waals surface area contributed by atoms with Crippen LogP contribution in [0.15, 0.2) is 0 Å². The third kappa shape index (κ3) is 45.8. The first-order chi connectivity index (χ1) is 20.9. The lowest BCUT2D eigenvalue weighted by atomic mass is 10.0. The molecule has 0 unspecified atom stereocenters. The van der Waals surface area contributed by atoms with Crippen LogP contribution in [-0.4, -0.2) is 48.0 Å². The number of carboxylic acid groups (broad SMARTS) is 2. The highest BCUT2D eigenvalue weighted by Crippen LogP contribution is 2.16. The van der Waals surface area contributed by atoms with Gasteiger partial charge in [0.15, 0.2) is 0 Å². The van der Waals surface area contributed by atoms with E-state index in [4.69, 9.17) is 15.0 Å². The second kappa shape index (κ2) is 37.4. The van der Waals surface area contributed by atoms with Gasteiger partial charge < -0.3 is 14.7 Å². The van der Waals surface area contributed by atoms with E-state index < -0.39 is 6.16 Å². The maximum absolute atomic E-state index is 8.56. The summed E-state index contributed by atoms with van der Waals surface area (Å²) in [6.07, 6.45) is 45.1. The molecule has 2 N–H and O–H groups in total. The van der Waals surface area contributed by atoms with Crippen LogP contribution in [0.1, 0.15) is 219 Å². The summed E-state index contributed by atoms with van der Waals surface area (Å²) in [6, 6.07) is 0. The van der Waals surface area contributed by atoms with Gasteiger partial charge >= 0.3 is 6.16 Å². The first kappa shape index (κ1) is 44.4. The second-order valence-electron chi connectivity index (χ2n) is 14.3. The molecule has 0 rings (SSSR count). The van der Waals surface area contributed by atoms with Crippen LogP contribution >= 0.6 is 0 Å². The molecule has 0 atom stereocenters. The molecule has 0 aromatic heterocycles. The van der Waals surface area contributed by atoms with Crippen LogP contribution in [0.3, 0.4) is 0 Å². The highest BCUT2D eigenvalue weighted by atomic mass is 16.6. The van der Waals surface area contributed by atoms with Crippen molar-refractivity contribution < 1.29 is 19.5 Å². The molecule has 0 spiro atoms. The predicted octanol–water partition coefficient (Wildman–Crippen LogP) is 13.8. The van der Waals surface area contributed by atoms with Gasteiger partial charge in [0.2, 0.25) is 0 Å². The van der Waals surface area contributed by atoms with Gasteiger partial charge in [-0.3, -0.25) is 0 Å². The highest BCUT2D eigenvalue weighted by molar-refractivity contribution is 5.53. The second-order valence-corrected chi connectivity index (χ2v) is 14.3. The zero-order valence-corrected chi connectivity index (χ0v) is 30.3. The average molecular weight is 613 g/mol. The fourth-order valence-electron chi connectivity index (χ4n) is 6.29. The molecule has 0 aromatic carbocycles. The third-order valence-electron chi connectivity index (χ3n) is 9.23. The topological polar surface area (TPSA) is 57.5 Å². The van der Waals surface area contributed by atoms with Crippen molar-refractivity contribution in [2.45, 2.75) is 219 Å². The van der Waals surface area contributed by atoms with Gasteiger partial charge in [-0.2, -0.15) is 0 Å². The fraction of sp³-hybridized carbons (Fsp3) is 0.974. The van der Waals surface area contributed by atoms with Gasteiger partial charge in [-0.05, 0) is 25.7 Å². The Morgan fingerprint density at radius 3 is 0.651 bits per heavy atom. The lowest BCUT2D eigenvalue weighted by Gasteiger charge is -2.30. The van der Waals surface area contributed by atoms with E-state index in [1.807, 2.05) is 0 Å². The number of quaternary nitrogens is 1. The molecule has 260 valence electrons. The number of unbranched alkanes of at least 4 members (excludes halogenated alkanes) is 30. The molecule has 4 heteroatoms. The summed E-state index contributed by atoms with van der Waals surface area (Å²) in [5.41, 5.74) is 0. The van der Waals surface area contributed by atoms with Gasteiger partial charge in [-0.25, -0.2) is 4.79 Å². The van der Waals surface area contributed by atoms with Crippen molar-refractivity contribution in [2.75, 3.05) is 27.2 Å². The summed E-state index contributed by atoms with van der Waals surface area (Å²) < 4.78 is 1.25. The maximum Gasteiger partial charge on any atom is 0.503 e. The van der Waals surface area contributed by atoms with Crippen LogP contribution in [0.2, 0.25) is 0 Å². The van der Waals surface area contributed by atoms with Gasteiger partial charge in [0.25, 0.3) is 0 Å². The van der Waals surface area contributed by atoms with Crippen molar-refractivity contribution in [1.82, 2.24) is 0 Å². The molecule has 0 aliphatic rings. The van der Waals surface area contributed by atoms with Crippen LogP contribution < -0.4 is 0 Å². The van der Waals surface area contributed by atoms with Gasteiger partial charge in [0.1, 0.15) is 0 Å². The van der Waals surface area contributed by atoms with Crippen LogP contribution in [0.5, 0.6) is 0 Å². The van der Waals surface area contributed by atoms with Crippen molar-refractivity contribution >= 4 is 6.16 Å². The van der Waals surface area contributed by atoms with E-state index in [0.29, 0.717) is 0 Å². The maximum atomic E-state index is 8.56. The number of hydrogen-bond acceptors (Lipinski definition) is 1. The van der Waals surface area contributed by atoms with E-state index in [9.17, 15) is 0 Å². The number of nitrogens with zero attached hydrogens (tertiary/aromatic N) is 1. The molecule has 0 radical (unpaired) electrons. The number of carbonyl (C=O) groups is 1. The summed E-state index contributed by atoms with van der Waals surface area (Å²) >= 11 is 0. The quantitative estimate of drug-likeness (QED) is 0.0561. The van der Waals surface area contributed by atoms with Crippen molar-refractivity contribution in [2.24, 2.45) is 0 Å². The molecular formula is C39H82NO3+. The monoisotopic (exact) mass is 613 g/mol. The predicted molar refractivity (Wildman–Crippen MR) is 192 cm³/mol. The SMILES string of the molecule is CCCCCCCCCCCCCCCCCC[N+](C)(C)CCCCCCCCCCCCCCCCCC.O=C(O)O. The van der Waals surface area contributed by atoms with Crippen LogP contribution in [0.4, 0.5) is 4.79 Å². The molecular weight excluding hydrogens is 530 g/mol. The molecule has 0 saturated carbocycles. The van der Waals surface area contributed by atoms with Gasteiger partial charge in [0, 0.05) is 0 Å². The minimum absolute atomic E-state index is 1.25. The van der Waals surface area contributed by atoms with Crippen molar-refractivity contribution in [3.05, 3.63) is 0 Å². The van der Waals surface area contributed by atoms with E-state index in [2.05, 4.69) is 27.9 Å². The van der Waals surface area contributed by atoms with E-state index in [1.165, 1.54) is 223 Å². The summed E-state index contributed by atoms with van der Waals surface area (Å²) in [7, 11) is 4.94. The van der Waals surface area contributed by atoms with E-state index >= 15 is 0 Å². The van der Waals surface area contributed by atoms with Crippen LogP contribution in [0, 0.1) is 0 Å². The Kier molecular flexibility index (Phi) is 38.6. The lowest BCUT2D eigenvalue weighted by Crippen LogP contribution is -2.41. The van der Waals surface area contributed by atoms with E-state index in [-0.39, 0.29) is 0 Å². The highest BCUT2D eigenvalue weighted by Gasteiger charge is 2.13. The first-order valence-corrected chi connectivity index (χ1v) is 19.6. The molecule has 43 heavy (non-hydrogen) atoms. The van der Waals surface area contributed by atoms with Crippen molar-refractivity contribution in [1.29, 1.82) is 0 Å². The zero-order chi connectivity index (χ0) is 32.1. The molecule has 0 fully saturated rings. The first-order valence-electron chi connectivity index (χ1n) is 19.6. The molecule has 0 saturated heterocycles.